The Hall–Kier alpha value is -0.850. The molecule has 1 atom stereocenters. The number of nitrogens with zero attached hydrogens (tertiary/aromatic N) is 1. The molecule has 0 amide bonds. The zero-order valence-corrected chi connectivity index (χ0v) is 11.6. The number of hydrogen-bond acceptors (Lipinski definition) is 5. The molecular formula is C12H27N3O3. The van der Waals surface area contributed by atoms with Crippen LogP contribution < -0.4 is 11.1 Å². The van der Waals surface area contributed by atoms with Gasteiger partial charge < -0.3 is 26.1 Å². The zero-order chi connectivity index (χ0) is 14.0. The maximum atomic E-state index is 9.05. The summed E-state index contributed by atoms with van der Waals surface area (Å²) in [6, 6.07) is -0.00733. The number of aliphatic hydroxyl groups excluding tert-OH is 1. The van der Waals surface area contributed by atoms with Crippen LogP contribution in [0, 0.1) is 5.41 Å². The first-order valence-corrected chi connectivity index (χ1v) is 6.29. The molecular weight excluding hydrogens is 234 g/mol. The fourth-order valence-corrected chi connectivity index (χ4v) is 1.64. The lowest BCUT2D eigenvalue weighted by molar-refractivity contribution is 0.128. The van der Waals surface area contributed by atoms with E-state index >= 15 is 0 Å². The van der Waals surface area contributed by atoms with Gasteiger partial charge in [0.2, 0.25) is 0 Å². The summed E-state index contributed by atoms with van der Waals surface area (Å²) in [5.41, 5.74) is 5.33. The van der Waals surface area contributed by atoms with E-state index in [9.17, 15) is 0 Å². The monoisotopic (exact) mass is 261 g/mol. The van der Waals surface area contributed by atoms with Gasteiger partial charge in [-0.25, -0.2) is 0 Å². The molecule has 0 aromatic carbocycles. The van der Waals surface area contributed by atoms with Gasteiger partial charge in [-0.1, -0.05) is 25.4 Å². The van der Waals surface area contributed by atoms with Crippen LogP contribution in [0.25, 0.3) is 0 Å². The average Bonchev–Trinajstić information content (AvgIpc) is 2.35. The van der Waals surface area contributed by atoms with Crippen molar-refractivity contribution >= 4 is 5.84 Å². The van der Waals surface area contributed by atoms with E-state index in [1.807, 2.05) is 13.8 Å². The second-order valence-electron chi connectivity index (χ2n) is 5.12. The first-order valence-electron chi connectivity index (χ1n) is 6.29. The van der Waals surface area contributed by atoms with Gasteiger partial charge in [-0.05, 0) is 19.4 Å². The van der Waals surface area contributed by atoms with Gasteiger partial charge in [0.15, 0.2) is 0 Å². The second kappa shape index (κ2) is 9.13. The standard InChI is InChI=1S/C12H27N3O3/c1-12(2,11(13)15-17)6-4-5-7-14-10(8-16)9-18-3/h10,14,16-17H,4-9H2,1-3H3,(H2,13,15). The summed E-state index contributed by atoms with van der Waals surface area (Å²) in [4.78, 5) is 0. The highest BCUT2D eigenvalue weighted by atomic mass is 16.5. The average molecular weight is 261 g/mol. The Bertz CT molecular complexity index is 245. The third-order valence-electron chi connectivity index (χ3n) is 3.05. The van der Waals surface area contributed by atoms with Crippen molar-refractivity contribution in [2.75, 3.05) is 26.9 Å². The van der Waals surface area contributed by atoms with Crippen LogP contribution in [0.5, 0.6) is 0 Å². The fourth-order valence-electron chi connectivity index (χ4n) is 1.64. The summed E-state index contributed by atoms with van der Waals surface area (Å²) in [5.74, 6) is 0.267. The van der Waals surface area contributed by atoms with Crippen LogP contribution in [0.2, 0.25) is 0 Å². The summed E-state index contributed by atoms with van der Waals surface area (Å²) in [7, 11) is 1.61. The molecule has 0 fully saturated rings. The van der Waals surface area contributed by atoms with Crippen LogP contribution in [-0.4, -0.2) is 49.1 Å². The van der Waals surface area contributed by atoms with Gasteiger partial charge in [-0.3, -0.25) is 0 Å². The third kappa shape index (κ3) is 6.78. The normalized spacial score (nSPS) is 14.8. The van der Waals surface area contributed by atoms with E-state index in [2.05, 4.69) is 10.5 Å². The summed E-state index contributed by atoms with van der Waals surface area (Å²) in [6.45, 7) is 5.31. The van der Waals surface area contributed by atoms with Crippen molar-refractivity contribution in [1.29, 1.82) is 0 Å². The number of aliphatic hydroxyl groups is 1. The Labute approximate surface area is 109 Å². The van der Waals surface area contributed by atoms with E-state index in [-0.39, 0.29) is 23.9 Å². The molecule has 0 aromatic rings. The summed E-state index contributed by atoms with van der Waals surface area (Å²) < 4.78 is 4.97. The number of hydrogen-bond donors (Lipinski definition) is 4. The quantitative estimate of drug-likeness (QED) is 0.151. The lowest BCUT2D eigenvalue weighted by Gasteiger charge is -2.22. The molecule has 0 aliphatic heterocycles. The van der Waals surface area contributed by atoms with Crippen LogP contribution >= 0.6 is 0 Å². The Kier molecular flexibility index (Phi) is 8.70. The molecule has 6 heteroatoms. The van der Waals surface area contributed by atoms with Crippen LogP contribution in [0.4, 0.5) is 0 Å². The molecule has 108 valence electrons. The maximum Gasteiger partial charge on any atom is 0.144 e. The lowest BCUT2D eigenvalue weighted by Crippen LogP contribution is -2.37. The summed E-state index contributed by atoms with van der Waals surface area (Å²) in [6.07, 6.45) is 2.81. The Balaban J connectivity index is 3.74. The van der Waals surface area contributed by atoms with Crippen molar-refractivity contribution in [3.8, 4) is 0 Å². The highest BCUT2D eigenvalue weighted by Crippen LogP contribution is 2.23. The van der Waals surface area contributed by atoms with Gasteiger partial charge in [-0.15, -0.1) is 0 Å². The fraction of sp³-hybridized carbons (Fsp3) is 0.917. The van der Waals surface area contributed by atoms with E-state index in [0.29, 0.717) is 6.61 Å². The number of unbranched alkanes of at least 4 members (excludes halogenated alkanes) is 1. The van der Waals surface area contributed by atoms with Crippen LogP contribution in [0.15, 0.2) is 5.16 Å². The number of rotatable bonds is 10. The zero-order valence-electron chi connectivity index (χ0n) is 11.6. The largest absolute Gasteiger partial charge is 0.409 e. The number of nitrogens with one attached hydrogen (secondary N) is 1. The smallest absolute Gasteiger partial charge is 0.144 e. The molecule has 0 radical (unpaired) electrons. The number of oxime groups is 1. The van der Waals surface area contributed by atoms with Gasteiger partial charge in [0.05, 0.1) is 19.3 Å². The predicted octanol–water partition coefficient (Wildman–Crippen LogP) is 0.526. The molecule has 5 N–H and O–H groups in total. The number of nitrogens with two attached hydrogens (primary N) is 1. The van der Waals surface area contributed by atoms with Crippen molar-refractivity contribution in [2.24, 2.45) is 16.3 Å². The Morgan fingerprint density at radius 2 is 2.11 bits per heavy atom. The van der Waals surface area contributed by atoms with Crippen molar-refractivity contribution in [2.45, 2.75) is 39.2 Å². The first-order chi connectivity index (χ1) is 8.47. The molecule has 1 unspecified atom stereocenters. The summed E-state index contributed by atoms with van der Waals surface area (Å²) in [5, 5.41) is 24.0. The van der Waals surface area contributed by atoms with Crippen molar-refractivity contribution in [3.63, 3.8) is 0 Å². The lowest BCUT2D eigenvalue weighted by atomic mass is 9.86. The van der Waals surface area contributed by atoms with E-state index in [1.54, 1.807) is 7.11 Å². The molecule has 0 aromatic heterocycles. The minimum absolute atomic E-state index is 0.00733. The van der Waals surface area contributed by atoms with Gasteiger partial charge >= 0.3 is 0 Å². The highest BCUT2D eigenvalue weighted by Gasteiger charge is 2.22. The van der Waals surface area contributed by atoms with Crippen molar-refractivity contribution < 1.29 is 15.1 Å². The minimum Gasteiger partial charge on any atom is -0.409 e. The van der Waals surface area contributed by atoms with Gasteiger partial charge in [-0.2, -0.15) is 0 Å². The van der Waals surface area contributed by atoms with Crippen LogP contribution in [0.1, 0.15) is 33.1 Å². The van der Waals surface area contributed by atoms with E-state index in [0.717, 1.165) is 25.8 Å². The highest BCUT2D eigenvalue weighted by molar-refractivity contribution is 5.85. The Morgan fingerprint density at radius 3 is 2.61 bits per heavy atom. The van der Waals surface area contributed by atoms with Crippen molar-refractivity contribution in [1.82, 2.24) is 5.32 Å². The molecule has 0 saturated heterocycles. The molecule has 0 aliphatic carbocycles. The molecule has 0 heterocycles. The van der Waals surface area contributed by atoms with Gasteiger partial charge in [0.1, 0.15) is 5.84 Å². The number of ether oxygens (including phenoxy) is 1. The molecule has 0 aliphatic rings. The minimum atomic E-state index is -0.280. The topological polar surface area (TPSA) is 100 Å². The molecule has 0 spiro atoms. The maximum absolute atomic E-state index is 9.05. The second-order valence-corrected chi connectivity index (χ2v) is 5.12. The van der Waals surface area contributed by atoms with E-state index < -0.39 is 0 Å². The molecule has 0 saturated carbocycles. The van der Waals surface area contributed by atoms with Crippen LogP contribution in [-0.2, 0) is 4.74 Å². The molecule has 0 rings (SSSR count). The van der Waals surface area contributed by atoms with Crippen molar-refractivity contribution in [3.05, 3.63) is 0 Å². The van der Waals surface area contributed by atoms with Crippen LogP contribution in [0.3, 0.4) is 0 Å². The third-order valence-corrected chi connectivity index (χ3v) is 3.05. The first kappa shape index (κ1) is 17.2. The molecule has 18 heavy (non-hydrogen) atoms. The molecule has 6 nitrogen and oxygen atoms in total. The number of amidine groups is 1. The SMILES string of the molecule is COCC(CO)NCCCCC(C)(C)C(N)=NO. The molecule has 0 bridgehead atoms. The van der Waals surface area contributed by atoms with Gasteiger partial charge in [0, 0.05) is 12.5 Å². The van der Waals surface area contributed by atoms with E-state index in [1.165, 1.54) is 0 Å². The predicted molar refractivity (Wildman–Crippen MR) is 71.8 cm³/mol. The van der Waals surface area contributed by atoms with E-state index in [4.69, 9.17) is 20.8 Å². The van der Waals surface area contributed by atoms with Gasteiger partial charge in [0.25, 0.3) is 0 Å². The number of methoxy groups -OCH3 is 1. The Morgan fingerprint density at radius 1 is 1.44 bits per heavy atom. The summed E-state index contributed by atoms with van der Waals surface area (Å²) >= 11 is 0.